The first-order valence-corrected chi connectivity index (χ1v) is 8.35. The van der Waals surface area contributed by atoms with Gasteiger partial charge in [-0.3, -0.25) is 4.79 Å². The van der Waals surface area contributed by atoms with Gasteiger partial charge < -0.3 is 5.32 Å². The molecular weight excluding hydrogens is 286 g/mol. The van der Waals surface area contributed by atoms with E-state index in [1.54, 1.807) is 6.20 Å². The standard InChI is InChI=1S/C19H25N3O/c1-19(2,3)16-9-7-14(8-10-16)13-22-17(11-12-20-22)21-18(23)15-5-4-6-15/h7-12,15H,4-6,13H2,1-3H3,(H,21,23). The van der Waals surface area contributed by atoms with E-state index in [0.29, 0.717) is 6.54 Å². The third-order valence-electron chi connectivity index (χ3n) is 4.60. The molecule has 1 aromatic carbocycles. The highest BCUT2D eigenvalue weighted by Gasteiger charge is 2.25. The number of anilines is 1. The van der Waals surface area contributed by atoms with Gasteiger partial charge in [-0.2, -0.15) is 5.10 Å². The lowest BCUT2D eigenvalue weighted by Gasteiger charge is -2.24. The highest BCUT2D eigenvalue weighted by Crippen LogP contribution is 2.27. The Labute approximate surface area is 137 Å². The summed E-state index contributed by atoms with van der Waals surface area (Å²) in [6.07, 6.45) is 4.92. The summed E-state index contributed by atoms with van der Waals surface area (Å²) in [6.45, 7) is 7.30. The number of hydrogen-bond donors (Lipinski definition) is 1. The molecule has 1 heterocycles. The maximum Gasteiger partial charge on any atom is 0.228 e. The van der Waals surface area contributed by atoms with Gasteiger partial charge in [-0.25, -0.2) is 4.68 Å². The van der Waals surface area contributed by atoms with Gasteiger partial charge in [0.2, 0.25) is 5.91 Å². The van der Waals surface area contributed by atoms with Gasteiger partial charge in [0.05, 0.1) is 12.7 Å². The molecule has 1 N–H and O–H groups in total. The highest BCUT2D eigenvalue weighted by molar-refractivity contribution is 5.92. The molecule has 4 nitrogen and oxygen atoms in total. The Morgan fingerprint density at radius 1 is 1.22 bits per heavy atom. The minimum Gasteiger partial charge on any atom is -0.311 e. The molecule has 1 aromatic heterocycles. The Hall–Kier alpha value is -2.10. The summed E-state index contributed by atoms with van der Waals surface area (Å²) >= 11 is 0. The second-order valence-corrected chi connectivity index (χ2v) is 7.44. The molecule has 0 spiro atoms. The number of carbonyl (C=O) groups is 1. The molecule has 0 aliphatic heterocycles. The third kappa shape index (κ3) is 3.63. The topological polar surface area (TPSA) is 46.9 Å². The zero-order valence-corrected chi connectivity index (χ0v) is 14.2. The summed E-state index contributed by atoms with van der Waals surface area (Å²) in [6, 6.07) is 10.5. The van der Waals surface area contributed by atoms with Gasteiger partial charge in [0.25, 0.3) is 0 Å². The number of nitrogens with zero attached hydrogens (tertiary/aromatic N) is 2. The van der Waals surface area contributed by atoms with Crippen LogP contribution < -0.4 is 5.32 Å². The third-order valence-corrected chi connectivity index (χ3v) is 4.60. The van der Waals surface area contributed by atoms with Crippen molar-refractivity contribution in [1.82, 2.24) is 9.78 Å². The van der Waals surface area contributed by atoms with Crippen LogP contribution in [-0.4, -0.2) is 15.7 Å². The van der Waals surface area contributed by atoms with Crippen LogP contribution in [0.2, 0.25) is 0 Å². The van der Waals surface area contributed by atoms with Gasteiger partial charge in [0.1, 0.15) is 5.82 Å². The van der Waals surface area contributed by atoms with Crippen LogP contribution in [0.25, 0.3) is 0 Å². The largest absolute Gasteiger partial charge is 0.311 e. The normalized spacial score (nSPS) is 15.3. The summed E-state index contributed by atoms with van der Waals surface area (Å²) in [7, 11) is 0. The van der Waals surface area contributed by atoms with Gasteiger partial charge in [-0.15, -0.1) is 0 Å². The zero-order chi connectivity index (χ0) is 16.4. The van der Waals surface area contributed by atoms with Crippen molar-refractivity contribution in [2.45, 2.75) is 52.0 Å². The van der Waals surface area contributed by atoms with Crippen molar-refractivity contribution in [3.63, 3.8) is 0 Å². The predicted molar refractivity (Wildman–Crippen MR) is 92.4 cm³/mol. The number of carbonyl (C=O) groups excluding carboxylic acids is 1. The molecule has 122 valence electrons. The van der Waals surface area contributed by atoms with Crippen LogP contribution in [0.4, 0.5) is 5.82 Å². The van der Waals surface area contributed by atoms with E-state index in [9.17, 15) is 4.79 Å². The molecule has 4 heteroatoms. The number of benzene rings is 1. The minimum absolute atomic E-state index is 0.126. The molecule has 1 saturated carbocycles. The molecule has 0 unspecified atom stereocenters. The molecule has 1 amide bonds. The van der Waals surface area contributed by atoms with Crippen LogP contribution >= 0.6 is 0 Å². The minimum atomic E-state index is 0.126. The lowest BCUT2D eigenvalue weighted by molar-refractivity contribution is -0.122. The summed E-state index contributed by atoms with van der Waals surface area (Å²) < 4.78 is 1.85. The molecule has 1 aliphatic carbocycles. The van der Waals surface area contributed by atoms with Crippen molar-refractivity contribution >= 4 is 11.7 Å². The zero-order valence-electron chi connectivity index (χ0n) is 14.2. The van der Waals surface area contributed by atoms with Crippen molar-refractivity contribution in [3.05, 3.63) is 47.7 Å². The second-order valence-electron chi connectivity index (χ2n) is 7.44. The Kier molecular flexibility index (Phi) is 4.24. The summed E-state index contributed by atoms with van der Waals surface area (Å²) in [4.78, 5) is 12.1. The van der Waals surface area contributed by atoms with E-state index in [2.05, 4.69) is 55.5 Å². The van der Waals surface area contributed by atoms with Crippen molar-refractivity contribution in [3.8, 4) is 0 Å². The number of aromatic nitrogens is 2. The van der Waals surface area contributed by atoms with E-state index in [1.807, 2.05) is 10.7 Å². The molecule has 23 heavy (non-hydrogen) atoms. The number of rotatable bonds is 4. The smallest absolute Gasteiger partial charge is 0.228 e. The van der Waals surface area contributed by atoms with Crippen LogP contribution in [0.1, 0.15) is 51.2 Å². The summed E-state index contributed by atoms with van der Waals surface area (Å²) in [5.74, 6) is 1.09. The van der Waals surface area contributed by atoms with Crippen LogP contribution in [-0.2, 0) is 16.8 Å². The van der Waals surface area contributed by atoms with Crippen molar-refractivity contribution in [2.75, 3.05) is 5.32 Å². The lowest BCUT2D eigenvalue weighted by atomic mass is 9.85. The number of nitrogens with one attached hydrogen (secondary N) is 1. The summed E-state index contributed by atoms with van der Waals surface area (Å²) in [5, 5.41) is 7.35. The van der Waals surface area contributed by atoms with Gasteiger partial charge in [0, 0.05) is 12.0 Å². The quantitative estimate of drug-likeness (QED) is 0.928. The molecular formula is C19H25N3O. The van der Waals surface area contributed by atoms with Gasteiger partial charge >= 0.3 is 0 Å². The van der Waals surface area contributed by atoms with E-state index in [-0.39, 0.29) is 17.2 Å². The molecule has 0 atom stereocenters. The van der Waals surface area contributed by atoms with Crippen LogP contribution in [0.3, 0.4) is 0 Å². The second kappa shape index (κ2) is 6.19. The SMILES string of the molecule is CC(C)(C)c1ccc(Cn2nccc2NC(=O)C2CCC2)cc1. The fourth-order valence-electron chi connectivity index (χ4n) is 2.75. The van der Waals surface area contributed by atoms with Crippen LogP contribution in [0.15, 0.2) is 36.5 Å². The first-order chi connectivity index (χ1) is 10.9. The maximum absolute atomic E-state index is 12.1. The van der Waals surface area contributed by atoms with Crippen LogP contribution in [0, 0.1) is 5.92 Å². The lowest BCUT2D eigenvalue weighted by Crippen LogP contribution is -2.29. The Morgan fingerprint density at radius 3 is 2.48 bits per heavy atom. The maximum atomic E-state index is 12.1. The van der Waals surface area contributed by atoms with Crippen molar-refractivity contribution in [1.29, 1.82) is 0 Å². The molecule has 1 fully saturated rings. The van der Waals surface area contributed by atoms with Gasteiger partial charge in [0.15, 0.2) is 0 Å². The first-order valence-electron chi connectivity index (χ1n) is 8.35. The van der Waals surface area contributed by atoms with Crippen molar-refractivity contribution in [2.24, 2.45) is 5.92 Å². The van der Waals surface area contributed by atoms with Gasteiger partial charge in [-0.05, 0) is 29.4 Å². The monoisotopic (exact) mass is 311 g/mol. The molecule has 2 aromatic rings. The fraction of sp³-hybridized carbons (Fsp3) is 0.474. The van der Waals surface area contributed by atoms with Gasteiger partial charge in [-0.1, -0.05) is 51.5 Å². The van der Waals surface area contributed by atoms with E-state index < -0.39 is 0 Å². The first kappa shape index (κ1) is 15.8. The highest BCUT2D eigenvalue weighted by atomic mass is 16.2. The van der Waals surface area contributed by atoms with E-state index in [1.165, 1.54) is 11.1 Å². The molecule has 3 rings (SSSR count). The number of amides is 1. The van der Waals surface area contributed by atoms with E-state index >= 15 is 0 Å². The Balaban J connectivity index is 1.68. The molecule has 0 radical (unpaired) electrons. The average Bonchev–Trinajstić information content (AvgIpc) is 2.83. The van der Waals surface area contributed by atoms with E-state index in [0.717, 1.165) is 25.1 Å². The fourth-order valence-corrected chi connectivity index (χ4v) is 2.75. The summed E-state index contributed by atoms with van der Waals surface area (Å²) in [5.41, 5.74) is 2.66. The number of hydrogen-bond acceptors (Lipinski definition) is 2. The predicted octanol–water partition coefficient (Wildman–Crippen LogP) is 3.97. The molecule has 1 aliphatic rings. The van der Waals surface area contributed by atoms with E-state index in [4.69, 9.17) is 0 Å². The Bertz CT molecular complexity index is 675. The van der Waals surface area contributed by atoms with Crippen LogP contribution in [0.5, 0.6) is 0 Å². The van der Waals surface area contributed by atoms with Crippen molar-refractivity contribution < 1.29 is 4.79 Å². The molecule has 0 saturated heterocycles. The molecule has 0 bridgehead atoms. The Morgan fingerprint density at radius 2 is 1.91 bits per heavy atom. The average molecular weight is 311 g/mol.